The molecule has 0 bridgehead atoms. The van der Waals surface area contributed by atoms with E-state index in [1.807, 2.05) is 13.8 Å². The standard InChI is InChI=1S/C10H15NO2S/c1-4-14(12,13)9-6-5-7-11-10(9)8(2)3/h5-8H,4H2,1-3H3. The van der Waals surface area contributed by atoms with E-state index in [9.17, 15) is 8.42 Å². The van der Waals surface area contributed by atoms with Gasteiger partial charge in [0.15, 0.2) is 9.84 Å². The summed E-state index contributed by atoms with van der Waals surface area (Å²) in [6.45, 7) is 5.53. The van der Waals surface area contributed by atoms with Crippen LogP contribution in [0.4, 0.5) is 0 Å². The van der Waals surface area contributed by atoms with Crippen LogP contribution in [-0.2, 0) is 9.84 Å². The Morgan fingerprint density at radius 2 is 2.07 bits per heavy atom. The molecular weight excluding hydrogens is 198 g/mol. The number of rotatable bonds is 3. The van der Waals surface area contributed by atoms with Crippen molar-refractivity contribution in [2.24, 2.45) is 0 Å². The predicted molar refractivity (Wildman–Crippen MR) is 56.1 cm³/mol. The van der Waals surface area contributed by atoms with E-state index in [1.165, 1.54) is 0 Å². The molecule has 0 radical (unpaired) electrons. The van der Waals surface area contributed by atoms with Crippen molar-refractivity contribution >= 4 is 9.84 Å². The van der Waals surface area contributed by atoms with E-state index in [0.717, 1.165) is 0 Å². The summed E-state index contributed by atoms with van der Waals surface area (Å²) in [5.74, 6) is 0.255. The average Bonchev–Trinajstić information content (AvgIpc) is 2.18. The van der Waals surface area contributed by atoms with Gasteiger partial charge in [0.05, 0.1) is 16.3 Å². The van der Waals surface area contributed by atoms with Gasteiger partial charge in [0.1, 0.15) is 0 Å². The highest BCUT2D eigenvalue weighted by Crippen LogP contribution is 2.21. The molecule has 0 unspecified atom stereocenters. The Kier molecular flexibility index (Phi) is 3.26. The van der Waals surface area contributed by atoms with Crippen molar-refractivity contribution in [3.05, 3.63) is 24.0 Å². The van der Waals surface area contributed by atoms with Crippen molar-refractivity contribution in [3.63, 3.8) is 0 Å². The van der Waals surface area contributed by atoms with Gasteiger partial charge in [-0.1, -0.05) is 20.8 Å². The van der Waals surface area contributed by atoms with E-state index < -0.39 is 9.84 Å². The van der Waals surface area contributed by atoms with Crippen LogP contribution in [0, 0.1) is 0 Å². The molecule has 1 aromatic rings. The Balaban J connectivity index is 3.35. The van der Waals surface area contributed by atoms with E-state index in [4.69, 9.17) is 0 Å². The van der Waals surface area contributed by atoms with Gasteiger partial charge in [-0.3, -0.25) is 4.98 Å². The highest BCUT2D eigenvalue weighted by molar-refractivity contribution is 7.91. The number of aromatic nitrogens is 1. The molecule has 1 heterocycles. The fraction of sp³-hybridized carbons (Fsp3) is 0.500. The molecule has 0 aliphatic rings. The van der Waals surface area contributed by atoms with Crippen LogP contribution in [0.15, 0.2) is 23.2 Å². The minimum absolute atomic E-state index is 0.123. The first kappa shape index (κ1) is 11.2. The summed E-state index contributed by atoms with van der Waals surface area (Å²) in [5.41, 5.74) is 0.661. The van der Waals surface area contributed by atoms with E-state index in [0.29, 0.717) is 10.6 Å². The van der Waals surface area contributed by atoms with Gasteiger partial charge < -0.3 is 0 Å². The van der Waals surface area contributed by atoms with Crippen LogP contribution in [0.25, 0.3) is 0 Å². The molecule has 0 N–H and O–H groups in total. The Bertz CT molecular complexity index is 410. The number of pyridine rings is 1. The lowest BCUT2D eigenvalue weighted by Gasteiger charge is -2.10. The third-order valence-corrected chi connectivity index (χ3v) is 3.84. The van der Waals surface area contributed by atoms with Crippen LogP contribution in [0.2, 0.25) is 0 Å². The first-order valence-electron chi connectivity index (χ1n) is 4.66. The number of nitrogens with zero attached hydrogens (tertiary/aromatic N) is 1. The minimum atomic E-state index is -3.14. The molecule has 0 atom stereocenters. The van der Waals surface area contributed by atoms with Crippen molar-refractivity contribution in [1.82, 2.24) is 4.98 Å². The molecule has 78 valence electrons. The second-order valence-electron chi connectivity index (χ2n) is 3.44. The molecule has 3 nitrogen and oxygen atoms in total. The summed E-state index contributed by atoms with van der Waals surface area (Å²) < 4.78 is 23.4. The molecular formula is C10H15NO2S. The van der Waals surface area contributed by atoms with Crippen LogP contribution in [-0.4, -0.2) is 19.2 Å². The average molecular weight is 213 g/mol. The maximum atomic E-state index is 11.7. The molecule has 0 fully saturated rings. The van der Waals surface area contributed by atoms with Crippen molar-refractivity contribution in [2.45, 2.75) is 31.6 Å². The van der Waals surface area contributed by atoms with Gasteiger partial charge in [0.25, 0.3) is 0 Å². The first-order valence-corrected chi connectivity index (χ1v) is 6.32. The van der Waals surface area contributed by atoms with Gasteiger partial charge in [-0.05, 0) is 18.1 Å². The van der Waals surface area contributed by atoms with Crippen molar-refractivity contribution in [3.8, 4) is 0 Å². The minimum Gasteiger partial charge on any atom is -0.260 e. The number of hydrogen-bond donors (Lipinski definition) is 0. The largest absolute Gasteiger partial charge is 0.260 e. The first-order chi connectivity index (χ1) is 6.49. The normalized spacial score (nSPS) is 12.0. The van der Waals surface area contributed by atoms with Crippen LogP contribution in [0.1, 0.15) is 32.4 Å². The lowest BCUT2D eigenvalue weighted by Crippen LogP contribution is -2.09. The molecule has 0 aromatic carbocycles. The van der Waals surface area contributed by atoms with Crippen LogP contribution >= 0.6 is 0 Å². The molecule has 0 saturated heterocycles. The zero-order valence-electron chi connectivity index (χ0n) is 8.69. The van der Waals surface area contributed by atoms with Crippen LogP contribution in [0.5, 0.6) is 0 Å². The summed E-state index contributed by atoms with van der Waals surface area (Å²) in [4.78, 5) is 4.49. The van der Waals surface area contributed by atoms with Gasteiger partial charge in [0.2, 0.25) is 0 Å². The zero-order valence-corrected chi connectivity index (χ0v) is 9.50. The predicted octanol–water partition coefficient (Wildman–Crippen LogP) is 2.00. The number of hydrogen-bond acceptors (Lipinski definition) is 3. The molecule has 0 aliphatic carbocycles. The highest BCUT2D eigenvalue weighted by Gasteiger charge is 2.18. The van der Waals surface area contributed by atoms with Crippen LogP contribution < -0.4 is 0 Å². The monoisotopic (exact) mass is 213 g/mol. The molecule has 1 rings (SSSR count). The summed E-state index contributed by atoms with van der Waals surface area (Å²) >= 11 is 0. The van der Waals surface area contributed by atoms with Gasteiger partial charge in [-0.25, -0.2) is 8.42 Å². The van der Waals surface area contributed by atoms with Gasteiger partial charge in [-0.2, -0.15) is 0 Å². The molecule has 0 aliphatic heterocycles. The van der Waals surface area contributed by atoms with Crippen molar-refractivity contribution < 1.29 is 8.42 Å². The van der Waals surface area contributed by atoms with E-state index in [1.54, 1.807) is 25.3 Å². The van der Waals surface area contributed by atoms with Gasteiger partial charge >= 0.3 is 0 Å². The van der Waals surface area contributed by atoms with Crippen molar-refractivity contribution in [1.29, 1.82) is 0 Å². The lowest BCUT2D eigenvalue weighted by atomic mass is 10.1. The van der Waals surface area contributed by atoms with E-state index >= 15 is 0 Å². The fourth-order valence-electron chi connectivity index (χ4n) is 1.25. The second-order valence-corrected chi connectivity index (χ2v) is 5.69. The van der Waals surface area contributed by atoms with Crippen molar-refractivity contribution in [2.75, 3.05) is 5.75 Å². The zero-order chi connectivity index (χ0) is 10.8. The third-order valence-electron chi connectivity index (χ3n) is 2.06. The Morgan fingerprint density at radius 3 is 2.57 bits per heavy atom. The van der Waals surface area contributed by atoms with Gasteiger partial charge in [0, 0.05) is 6.20 Å². The Labute approximate surface area is 85.1 Å². The molecule has 0 saturated carbocycles. The van der Waals surface area contributed by atoms with E-state index in [-0.39, 0.29) is 11.7 Å². The molecule has 4 heteroatoms. The van der Waals surface area contributed by atoms with Gasteiger partial charge in [-0.15, -0.1) is 0 Å². The summed E-state index contributed by atoms with van der Waals surface area (Å²) in [6, 6.07) is 3.29. The summed E-state index contributed by atoms with van der Waals surface area (Å²) in [7, 11) is -3.14. The maximum Gasteiger partial charge on any atom is 0.179 e. The number of sulfone groups is 1. The summed E-state index contributed by atoms with van der Waals surface area (Å²) in [6.07, 6.45) is 1.63. The third kappa shape index (κ3) is 2.12. The lowest BCUT2D eigenvalue weighted by molar-refractivity contribution is 0.593. The molecule has 14 heavy (non-hydrogen) atoms. The fourth-order valence-corrected chi connectivity index (χ4v) is 2.46. The summed E-state index contributed by atoms with van der Waals surface area (Å²) in [5, 5.41) is 0. The quantitative estimate of drug-likeness (QED) is 0.771. The second kappa shape index (κ2) is 4.09. The Hall–Kier alpha value is -0.900. The molecule has 0 amide bonds. The molecule has 1 aromatic heterocycles. The maximum absolute atomic E-state index is 11.7. The highest BCUT2D eigenvalue weighted by atomic mass is 32.2. The van der Waals surface area contributed by atoms with E-state index in [2.05, 4.69) is 4.98 Å². The molecule has 0 spiro atoms. The smallest absolute Gasteiger partial charge is 0.179 e. The van der Waals surface area contributed by atoms with Crippen LogP contribution in [0.3, 0.4) is 0 Å². The SMILES string of the molecule is CCS(=O)(=O)c1cccnc1C(C)C. The Morgan fingerprint density at radius 1 is 1.43 bits per heavy atom. The topological polar surface area (TPSA) is 47.0 Å².